The van der Waals surface area contributed by atoms with Crippen LogP contribution in [0.2, 0.25) is 0 Å². The molecule has 0 unspecified atom stereocenters. The van der Waals surface area contributed by atoms with Crippen molar-refractivity contribution in [2.45, 2.75) is 13.2 Å². The summed E-state index contributed by atoms with van der Waals surface area (Å²) in [7, 11) is 0. The van der Waals surface area contributed by atoms with Crippen molar-refractivity contribution < 1.29 is 9.29 Å². The Hall–Kier alpha value is -0.510. The molecule has 0 fully saturated rings. The fourth-order valence-corrected chi connectivity index (χ4v) is 0.965. The van der Waals surface area contributed by atoms with Gasteiger partial charge in [-0.15, -0.1) is 0 Å². The number of hydrogen-bond acceptors (Lipinski definition) is 3. The first-order chi connectivity index (χ1) is 5.36. The monoisotopic (exact) mass is 170 g/mol. The Balaban J connectivity index is 2.66. The van der Waals surface area contributed by atoms with E-state index in [1.54, 1.807) is 0 Å². The molecule has 0 heterocycles. The third kappa shape index (κ3) is 2.54. The van der Waals surface area contributed by atoms with Crippen molar-refractivity contribution in [1.29, 1.82) is 0 Å². The van der Waals surface area contributed by atoms with E-state index in [0.717, 1.165) is 11.1 Å². The first kappa shape index (κ1) is 8.59. The molecule has 11 heavy (non-hydrogen) atoms. The smallest absolute Gasteiger partial charge is 0.0861 e. The number of aliphatic hydroxyl groups is 1. The molecule has 1 rings (SSSR count). The highest BCUT2D eigenvalue weighted by atomic mass is 32.1. The summed E-state index contributed by atoms with van der Waals surface area (Å²) < 4.78 is 4.63. The van der Waals surface area contributed by atoms with E-state index in [0.29, 0.717) is 6.61 Å². The maximum Gasteiger partial charge on any atom is 0.0861 e. The number of hydrogen-bond donors (Lipinski definition) is 2. The van der Waals surface area contributed by atoms with Crippen LogP contribution >= 0.6 is 12.9 Å². The van der Waals surface area contributed by atoms with Gasteiger partial charge in [-0.2, -0.15) is 0 Å². The van der Waals surface area contributed by atoms with Gasteiger partial charge in [0.15, 0.2) is 0 Å². The van der Waals surface area contributed by atoms with Crippen LogP contribution in [0.5, 0.6) is 0 Å². The Labute approximate surface area is 71.4 Å². The van der Waals surface area contributed by atoms with Crippen LogP contribution < -0.4 is 0 Å². The molecule has 0 bridgehead atoms. The van der Waals surface area contributed by atoms with Gasteiger partial charge < -0.3 is 9.29 Å². The van der Waals surface area contributed by atoms with Crippen molar-refractivity contribution in [2.75, 3.05) is 0 Å². The summed E-state index contributed by atoms with van der Waals surface area (Å²) in [6, 6.07) is 7.54. The molecule has 0 aliphatic rings. The van der Waals surface area contributed by atoms with Gasteiger partial charge in [-0.1, -0.05) is 24.3 Å². The van der Waals surface area contributed by atoms with Gasteiger partial charge >= 0.3 is 0 Å². The molecule has 0 amide bonds. The molecule has 0 saturated carbocycles. The molecule has 1 N–H and O–H groups in total. The van der Waals surface area contributed by atoms with E-state index < -0.39 is 0 Å². The van der Waals surface area contributed by atoms with Crippen LogP contribution in [0, 0.1) is 0 Å². The molecule has 1 aromatic rings. The highest BCUT2D eigenvalue weighted by Gasteiger charge is 1.91. The molecule has 0 aliphatic carbocycles. The maximum absolute atomic E-state index is 8.71. The molecular weight excluding hydrogens is 160 g/mol. The summed E-state index contributed by atoms with van der Waals surface area (Å²) in [5.74, 6) is 0. The van der Waals surface area contributed by atoms with Crippen LogP contribution in [0.25, 0.3) is 0 Å². The molecule has 3 heteroatoms. The third-order valence-electron chi connectivity index (χ3n) is 1.44. The molecule has 60 valence electrons. The van der Waals surface area contributed by atoms with Gasteiger partial charge in [-0.05, 0) is 24.0 Å². The number of rotatable bonds is 3. The van der Waals surface area contributed by atoms with Gasteiger partial charge in [0.2, 0.25) is 0 Å². The maximum atomic E-state index is 8.71. The minimum Gasteiger partial charge on any atom is -0.392 e. The second-order valence-electron chi connectivity index (χ2n) is 2.25. The van der Waals surface area contributed by atoms with Crippen LogP contribution in [0.3, 0.4) is 0 Å². The lowest BCUT2D eigenvalue weighted by Crippen LogP contribution is -1.86. The Morgan fingerprint density at radius 2 is 1.73 bits per heavy atom. The SMILES string of the molecule is OCc1ccc(COS)cc1. The van der Waals surface area contributed by atoms with Crippen LogP contribution in [0.1, 0.15) is 11.1 Å². The summed E-state index contributed by atoms with van der Waals surface area (Å²) in [6.07, 6.45) is 0. The number of benzene rings is 1. The zero-order chi connectivity index (χ0) is 8.10. The fourth-order valence-electron chi connectivity index (χ4n) is 0.815. The lowest BCUT2D eigenvalue weighted by Gasteiger charge is -1.99. The number of thiol groups is 1. The Morgan fingerprint density at radius 3 is 2.18 bits per heavy atom. The van der Waals surface area contributed by atoms with Crippen LogP contribution in [-0.2, 0) is 17.4 Å². The summed E-state index contributed by atoms with van der Waals surface area (Å²) in [6.45, 7) is 0.580. The molecule has 0 saturated heterocycles. The van der Waals surface area contributed by atoms with Gasteiger partial charge in [0, 0.05) is 0 Å². The van der Waals surface area contributed by atoms with E-state index in [1.807, 2.05) is 24.3 Å². The molecule has 0 atom stereocenters. The first-order valence-corrected chi connectivity index (χ1v) is 3.68. The molecule has 0 radical (unpaired) electrons. The van der Waals surface area contributed by atoms with Crippen LogP contribution in [-0.4, -0.2) is 5.11 Å². The zero-order valence-electron chi connectivity index (χ0n) is 6.03. The Kier molecular flexibility index (Phi) is 3.42. The molecule has 0 aromatic heterocycles. The van der Waals surface area contributed by atoms with Gasteiger partial charge in [0.1, 0.15) is 0 Å². The Bertz CT molecular complexity index is 208. The van der Waals surface area contributed by atoms with E-state index >= 15 is 0 Å². The second-order valence-corrected chi connectivity index (χ2v) is 2.51. The fraction of sp³-hybridized carbons (Fsp3) is 0.250. The topological polar surface area (TPSA) is 29.5 Å². The summed E-state index contributed by atoms with van der Waals surface area (Å²) in [4.78, 5) is 0. The molecule has 0 spiro atoms. The first-order valence-electron chi connectivity index (χ1n) is 3.32. The van der Waals surface area contributed by atoms with E-state index in [9.17, 15) is 0 Å². The highest BCUT2D eigenvalue weighted by molar-refractivity contribution is 7.75. The van der Waals surface area contributed by atoms with Crippen LogP contribution in [0.4, 0.5) is 0 Å². The van der Waals surface area contributed by atoms with Crippen molar-refractivity contribution in [1.82, 2.24) is 0 Å². The molecule has 0 aliphatic heterocycles. The standard InChI is InChI=1S/C8H10O2S/c9-5-7-1-3-8(4-2-7)6-10-11/h1-4,9,11H,5-6H2. The normalized spacial score (nSPS) is 10.0. The lowest BCUT2D eigenvalue weighted by molar-refractivity contribution is 0.281. The largest absolute Gasteiger partial charge is 0.392 e. The summed E-state index contributed by atoms with van der Waals surface area (Å²) >= 11 is 3.63. The van der Waals surface area contributed by atoms with E-state index in [-0.39, 0.29) is 6.61 Å². The second kappa shape index (κ2) is 4.38. The average Bonchev–Trinajstić information content (AvgIpc) is 2.07. The van der Waals surface area contributed by atoms with E-state index in [4.69, 9.17) is 5.11 Å². The van der Waals surface area contributed by atoms with Gasteiger partial charge in [-0.3, -0.25) is 0 Å². The zero-order valence-corrected chi connectivity index (χ0v) is 6.92. The molecule has 1 aromatic carbocycles. The predicted molar refractivity (Wildman–Crippen MR) is 46.1 cm³/mol. The summed E-state index contributed by atoms with van der Waals surface area (Å²) in [5.41, 5.74) is 1.96. The van der Waals surface area contributed by atoms with Gasteiger partial charge in [0.05, 0.1) is 13.2 Å². The van der Waals surface area contributed by atoms with Gasteiger partial charge in [-0.25, -0.2) is 0 Å². The van der Waals surface area contributed by atoms with Crippen molar-refractivity contribution in [3.63, 3.8) is 0 Å². The van der Waals surface area contributed by atoms with Crippen molar-refractivity contribution in [2.24, 2.45) is 0 Å². The van der Waals surface area contributed by atoms with Crippen LogP contribution in [0.15, 0.2) is 24.3 Å². The minimum atomic E-state index is 0.0853. The summed E-state index contributed by atoms with van der Waals surface area (Å²) in [5, 5.41) is 8.71. The van der Waals surface area contributed by atoms with Crippen molar-refractivity contribution in [3.05, 3.63) is 35.4 Å². The third-order valence-corrected chi connectivity index (χ3v) is 1.57. The highest BCUT2D eigenvalue weighted by Crippen LogP contribution is 2.05. The van der Waals surface area contributed by atoms with Crippen molar-refractivity contribution >= 4 is 12.9 Å². The predicted octanol–water partition coefficient (Wildman–Crippen LogP) is 1.54. The Morgan fingerprint density at radius 1 is 1.18 bits per heavy atom. The average molecular weight is 170 g/mol. The lowest BCUT2D eigenvalue weighted by atomic mass is 10.1. The van der Waals surface area contributed by atoms with E-state index in [1.165, 1.54) is 0 Å². The van der Waals surface area contributed by atoms with Crippen molar-refractivity contribution in [3.8, 4) is 0 Å². The van der Waals surface area contributed by atoms with E-state index in [2.05, 4.69) is 17.1 Å². The number of aliphatic hydroxyl groups excluding tert-OH is 1. The minimum absolute atomic E-state index is 0.0853. The van der Waals surface area contributed by atoms with Gasteiger partial charge in [0.25, 0.3) is 0 Å². The molecule has 2 nitrogen and oxygen atoms in total. The molecular formula is C8H10O2S. The quantitative estimate of drug-likeness (QED) is 0.532.